The molecule has 0 aliphatic heterocycles. The second-order valence-corrected chi connectivity index (χ2v) is 2.57. The molecule has 0 aliphatic rings. The lowest BCUT2D eigenvalue weighted by molar-refractivity contribution is -0.150. The quantitative estimate of drug-likeness (QED) is 0.415. The molecule has 0 unspecified atom stereocenters. The Morgan fingerprint density at radius 3 is 2.00 bits per heavy atom. The maximum Gasteiger partial charge on any atom is 0.164 e. The molecule has 0 aliphatic carbocycles. The van der Waals surface area contributed by atoms with Crippen LogP contribution in [0.2, 0.25) is 0 Å². The van der Waals surface area contributed by atoms with Crippen LogP contribution in [0, 0.1) is 0 Å². The van der Waals surface area contributed by atoms with E-state index in [0.717, 1.165) is 19.1 Å². The number of aldehydes is 1. The van der Waals surface area contributed by atoms with Crippen LogP contribution < -0.4 is 0 Å². The van der Waals surface area contributed by atoms with E-state index in [2.05, 4.69) is 0 Å². The second-order valence-electron chi connectivity index (χ2n) is 2.57. The average molecular weight is 174 g/mol. The minimum atomic E-state index is -0.331. The number of carbonyl (C=O) groups excluding carboxylic acids is 1. The minimum Gasteiger partial charge on any atom is -0.352 e. The van der Waals surface area contributed by atoms with Crippen LogP contribution in [0.5, 0.6) is 0 Å². The van der Waals surface area contributed by atoms with Crippen LogP contribution in [0.1, 0.15) is 33.1 Å². The summed E-state index contributed by atoms with van der Waals surface area (Å²) in [6, 6.07) is 0. The fraction of sp³-hybridized carbons (Fsp3) is 0.889. The van der Waals surface area contributed by atoms with Gasteiger partial charge in [-0.1, -0.05) is 13.8 Å². The van der Waals surface area contributed by atoms with E-state index in [0.29, 0.717) is 19.6 Å². The van der Waals surface area contributed by atoms with Crippen molar-refractivity contribution >= 4 is 6.29 Å². The lowest BCUT2D eigenvalue weighted by atomic mass is 10.4. The standard InChI is InChI=1S/C9H18O3/c1-3-7-11-9(5-6-10)12-8-4-2/h6,9H,3-5,7-8H2,1-2H3. The van der Waals surface area contributed by atoms with Crippen LogP contribution in [-0.2, 0) is 14.3 Å². The zero-order chi connectivity index (χ0) is 9.23. The summed E-state index contributed by atoms with van der Waals surface area (Å²) in [5, 5.41) is 0. The van der Waals surface area contributed by atoms with Gasteiger partial charge in [-0.2, -0.15) is 0 Å². The molecule has 0 amide bonds. The molecule has 0 aromatic rings. The first kappa shape index (κ1) is 11.6. The van der Waals surface area contributed by atoms with Crippen molar-refractivity contribution < 1.29 is 14.3 Å². The summed E-state index contributed by atoms with van der Waals surface area (Å²) in [7, 11) is 0. The van der Waals surface area contributed by atoms with Crippen molar-refractivity contribution in [1.82, 2.24) is 0 Å². The third-order valence-electron chi connectivity index (χ3n) is 1.30. The molecule has 3 nitrogen and oxygen atoms in total. The molecule has 12 heavy (non-hydrogen) atoms. The van der Waals surface area contributed by atoms with E-state index in [1.807, 2.05) is 13.8 Å². The molecule has 0 rings (SSSR count). The van der Waals surface area contributed by atoms with E-state index in [9.17, 15) is 4.79 Å². The van der Waals surface area contributed by atoms with Crippen LogP contribution >= 0.6 is 0 Å². The van der Waals surface area contributed by atoms with Crippen LogP contribution in [0.4, 0.5) is 0 Å². The first-order valence-electron chi connectivity index (χ1n) is 4.52. The Morgan fingerprint density at radius 1 is 1.17 bits per heavy atom. The number of carbonyl (C=O) groups is 1. The van der Waals surface area contributed by atoms with Gasteiger partial charge >= 0.3 is 0 Å². The van der Waals surface area contributed by atoms with Gasteiger partial charge in [0, 0.05) is 13.2 Å². The Kier molecular flexibility index (Phi) is 8.39. The Morgan fingerprint density at radius 2 is 1.67 bits per heavy atom. The van der Waals surface area contributed by atoms with E-state index in [4.69, 9.17) is 9.47 Å². The highest BCUT2D eigenvalue weighted by molar-refractivity contribution is 5.49. The van der Waals surface area contributed by atoms with Gasteiger partial charge < -0.3 is 14.3 Å². The topological polar surface area (TPSA) is 35.5 Å². The molecule has 0 aromatic heterocycles. The Hall–Kier alpha value is -0.410. The van der Waals surface area contributed by atoms with Crippen LogP contribution in [0.3, 0.4) is 0 Å². The van der Waals surface area contributed by atoms with Gasteiger partial charge in [0.1, 0.15) is 6.29 Å². The fourth-order valence-electron chi connectivity index (χ4n) is 0.761. The Labute approximate surface area is 74.0 Å². The first-order chi connectivity index (χ1) is 5.85. The van der Waals surface area contributed by atoms with Gasteiger partial charge in [0.05, 0.1) is 6.42 Å². The Bertz CT molecular complexity index is 95.9. The van der Waals surface area contributed by atoms with Gasteiger partial charge in [-0.15, -0.1) is 0 Å². The maximum atomic E-state index is 10.2. The normalized spacial score (nSPS) is 10.6. The third-order valence-corrected chi connectivity index (χ3v) is 1.30. The summed E-state index contributed by atoms with van der Waals surface area (Å²) < 4.78 is 10.6. The molecule has 0 saturated heterocycles. The van der Waals surface area contributed by atoms with Crippen molar-refractivity contribution in [1.29, 1.82) is 0 Å². The van der Waals surface area contributed by atoms with E-state index in [1.54, 1.807) is 0 Å². The largest absolute Gasteiger partial charge is 0.352 e. The van der Waals surface area contributed by atoms with E-state index >= 15 is 0 Å². The molecule has 0 bridgehead atoms. The summed E-state index contributed by atoms with van der Waals surface area (Å²) in [4.78, 5) is 10.2. The predicted octanol–water partition coefficient (Wildman–Crippen LogP) is 1.75. The molecule has 0 spiro atoms. The number of hydrogen-bond acceptors (Lipinski definition) is 3. The number of hydrogen-bond donors (Lipinski definition) is 0. The van der Waals surface area contributed by atoms with Crippen LogP contribution in [-0.4, -0.2) is 25.8 Å². The Balaban J connectivity index is 3.46. The molecule has 0 atom stereocenters. The van der Waals surface area contributed by atoms with Gasteiger partial charge in [0.2, 0.25) is 0 Å². The first-order valence-corrected chi connectivity index (χ1v) is 4.52. The van der Waals surface area contributed by atoms with Gasteiger partial charge in [-0.05, 0) is 12.8 Å². The molecule has 0 saturated carbocycles. The van der Waals surface area contributed by atoms with E-state index in [-0.39, 0.29) is 6.29 Å². The van der Waals surface area contributed by atoms with Gasteiger partial charge in [0.15, 0.2) is 6.29 Å². The maximum absolute atomic E-state index is 10.2. The van der Waals surface area contributed by atoms with Crippen molar-refractivity contribution in [3.8, 4) is 0 Å². The van der Waals surface area contributed by atoms with Crippen molar-refractivity contribution in [2.45, 2.75) is 39.4 Å². The molecule has 0 N–H and O–H groups in total. The van der Waals surface area contributed by atoms with Crippen molar-refractivity contribution in [3.63, 3.8) is 0 Å². The molecule has 0 heterocycles. The summed E-state index contributed by atoms with van der Waals surface area (Å²) in [6.45, 7) is 5.36. The fourth-order valence-corrected chi connectivity index (χ4v) is 0.761. The molecule has 0 radical (unpaired) electrons. The van der Waals surface area contributed by atoms with Gasteiger partial charge in [0.25, 0.3) is 0 Å². The highest BCUT2D eigenvalue weighted by Crippen LogP contribution is 2.00. The highest BCUT2D eigenvalue weighted by Gasteiger charge is 2.06. The summed E-state index contributed by atoms with van der Waals surface area (Å²) in [6.07, 6.45) is 2.73. The molecule has 0 fully saturated rings. The van der Waals surface area contributed by atoms with E-state index < -0.39 is 0 Å². The second kappa shape index (κ2) is 8.68. The smallest absolute Gasteiger partial charge is 0.164 e. The van der Waals surface area contributed by atoms with Crippen LogP contribution in [0.15, 0.2) is 0 Å². The van der Waals surface area contributed by atoms with Crippen molar-refractivity contribution in [2.24, 2.45) is 0 Å². The zero-order valence-electron chi connectivity index (χ0n) is 7.91. The summed E-state index contributed by atoms with van der Waals surface area (Å²) in [5.74, 6) is 0. The molecular formula is C9H18O3. The lowest BCUT2D eigenvalue weighted by Crippen LogP contribution is -2.18. The predicted molar refractivity (Wildman–Crippen MR) is 47.0 cm³/mol. The van der Waals surface area contributed by atoms with Crippen molar-refractivity contribution in [3.05, 3.63) is 0 Å². The summed E-state index contributed by atoms with van der Waals surface area (Å²) in [5.41, 5.74) is 0. The zero-order valence-corrected chi connectivity index (χ0v) is 7.91. The number of ether oxygens (including phenoxy) is 2. The lowest BCUT2D eigenvalue weighted by Gasteiger charge is -2.14. The summed E-state index contributed by atoms with van der Waals surface area (Å²) >= 11 is 0. The van der Waals surface area contributed by atoms with E-state index in [1.165, 1.54) is 0 Å². The van der Waals surface area contributed by atoms with Crippen LogP contribution in [0.25, 0.3) is 0 Å². The molecular weight excluding hydrogens is 156 g/mol. The minimum absolute atomic E-state index is 0.331. The average Bonchev–Trinajstić information content (AvgIpc) is 2.10. The van der Waals surface area contributed by atoms with Gasteiger partial charge in [-0.25, -0.2) is 0 Å². The van der Waals surface area contributed by atoms with Gasteiger partial charge in [-0.3, -0.25) is 0 Å². The van der Waals surface area contributed by atoms with Crippen molar-refractivity contribution in [2.75, 3.05) is 13.2 Å². The SMILES string of the molecule is CCCOC(CC=O)OCCC. The molecule has 72 valence electrons. The highest BCUT2D eigenvalue weighted by atomic mass is 16.7. The molecule has 0 aromatic carbocycles. The third kappa shape index (κ3) is 6.31. The number of rotatable bonds is 8. The monoisotopic (exact) mass is 174 g/mol. The molecule has 3 heteroatoms.